The summed E-state index contributed by atoms with van der Waals surface area (Å²) in [6.07, 6.45) is 6.75. The predicted molar refractivity (Wildman–Crippen MR) is 84.3 cm³/mol. The van der Waals surface area contributed by atoms with Crippen LogP contribution in [0, 0.1) is 12.3 Å². The third-order valence-corrected chi connectivity index (χ3v) is 3.29. The van der Waals surface area contributed by atoms with Gasteiger partial charge in [0.25, 0.3) is 0 Å². The van der Waals surface area contributed by atoms with Crippen LogP contribution in [-0.2, 0) is 0 Å². The molecule has 0 atom stereocenters. The van der Waals surface area contributed by atoms with Gasteiger partial charge in [-0.15, -0.1) is 6.42 Å². The number of anilines is 1. The first kappa shape index (κ1) is 13.6. The van der Waals surface area contributed by atoms with Gasteiger partial charge in [-0.2, -0.15) is 0 Å². The molecule has 2 heterocycles. The summed E-state index contributed by atoms with van der Waals surface area (Å²) in [7, 11) is 0. The Morgan fingerprint density at radius 1 is 1.23 bits per heavy atom. The molecule has 0 bridgehead atoms. The summed E-state index contributed by atoms with van der Waals surface area (Å²) in [6.45, 7) is 0. The summed E-state index contributed by atoms with van der Waals surface area (Å²) in [4.78, 5) is 19.9. The van der Waals surface area contributed by atoms with Gasteiger partial charge in [0.2, 0.25) is 0 Å². The monoisotopic (exact) mass is 289 g/mol. The van der Waals surface area contributed by atoms with Crippen LogP contribution in [0.2, 0.25) is 0 Å². The molecule has 0 unspecified atom stereocenters. The van der Waals surface area contributed by atoms with Crippen molar-refractivity contribution in [1.82, 2.24) is 9.97 Å². The first-order chi connectivity index (χ1) is 10.6. The van der Waals surface area contributed by atoms with Crippen LogP contribution in [0.3, 0.4) is 0 Å². The lowest BCUT2D eigenvalue weighted by atomic mass is 10.0. The molecule has 3 rings (SSSR count). The molecular weight excluding hydrogens is 278 g/mol. The zero-order valence-electron chi connectivity index (χ0n) is 11.4. The molecule has 2 aromatic heterocycles. The predicted octanol–water partition coefficient (Wildman–Crippen LogP) is 2.56. The number of pyridine rings is 2. The van der Waals surface area contributed by atoms with Crippen LogP contribution in [0.25, 0.3) is 22.2 Å². The fourth-order valence-corrected chi connectivity index (χ4v) is 2.20. The van der Waals surface area contributed by atoms with Crippen molar-refractivity contribution in [3.05, 3.63) is 53.7 Å². The first-order valence-corrected chi connectivity index (χ1v) is 6.45. The molecule has 1 aromatic carbocycles. The van der Waals surface area contributed by atoms with Crippen LogP contribution in [0.15, 0.2) is 42.6 Å². The number of benzene rings is 1. The molecule has 0 fully saturated rings. The highest BCUT2D eigenvalue weighted by Gasteiger charge is 2.13. The SMILES string of the molecule is C#Cc1ccc(-c2cc(C(=O)O)c3cnc(N)cc3n2)cc1. The molecule has 0 saturated heterocycles. The maximum Gasteiger partial charge on any atom is 0.336 e. The number of rotatable bonds is 2. The smallest absolute Gasteiger partial charge is 0.336 e. The Hall–Kier alpha value is -3.39. The summed E-state index contributed by atoms with van der Waals surface area (Å²) in [5.41, 5.74) is 8.34. The molecule has 0 saturated carbocycles. The highest BCUT2D eigenvalue weighted by atomic mass is 16.4. The lowest BCUT2D eigenvalue weighted by Crippen LogP contribution is -2.01. The molecule has 106 valence electrons. The second-order valence-corrected chi connectivity index (χ2v) is 4.71. The Bertz CT molecular complexity index is 925. The molecule has 0 aliphatic carbocycles. The van der Waals surface area contributed by atoms with Gasteiger partial charge < -0.3 is 10.8 Å². The van der Waals surface area contributed by atoms with Gasteiger partial charge in [0, 0.05) is 28.8 Å². The maximum atomic E-state index is 11.5. The number of terminal acetylenes is 1. The Labute approximate surface area is 126 Å². The van der Waals surface area contributed by atoms with Gasteiger partial charge in [0.1, 0.15) is 5.82 Å². The Balaban J connectivity index is 2.25. The lowest BCUT2D eigenvalue weighted by Gasteiger charge is -2.07. The molecule has 22 heavy (non-hydrogen) atoms. The van der Waals surface area contributed by atoms with Crippen LogP contribution in [0.5, 0.6) is 0 Å². The number of fused-ring (bicyclic) bond motifs is 1. The van der Waals surface area contributed by atoms with E-state index in [-0.39, 0.29) is 11.4 Å². The number of aromatic carboxylic acids is 1. The van der Waals surface area contributed by atoms with Crippen molar-refractivity contribution in [2.75, 3.05) is 5.73 Å². The van der Waals surface area contributed by atoms with Gasteiger partial charge in [0.15, 0.2) is 0 Å². The van der Waals surface area contributed by atoms with Crippen molar-refractivity contribution in [3.8, 4) is 23.6 Å². The maximum absolute atomic E-state index is 11.5. The van der Waals surface area contributed by atoms with Crippen LogP contribution < -0.4 is 5.73 Å². The number of carboxylic acid groups (broad SMARTS) is 1. The second kappa shape index (κ2) is 5.19. The van der Waals surface area contributed by atoms with Crippen LogP contribution in [0.4, 0.5) is 5.82 Å². The second-order valence-electron chi connectivity index (χ2n) is 4.71. The quantitative estimate of drug-likeness (QED) is 0.708. The van der Waals surface area contributed by atoms with Gasteiger partial charge in [-0.05, 0) is 18.2 Å². The summed E-state index contributed by atoms with van der Waals surface area (Å²) in [6, 6.07) is 10.2. The Morgan fingerprint density at radius 3 is 2.59 bits per heavy atom. The number of nitrogens with two attached hydrogens (primary N) is 1. The van der Waals surface area contributed by atoms with Crippen LogP contribution in [0.1, 0.15) is 15.9 Å². The fraction of sp³-hybridized carbons (Fsp3) is 0. The molecular formula is C17H11N3O2. The fourth-order valence-electron chi connectivity index (χ4n) is 2.20. The number of aromatic nitrogens is 2. The van der Waals surface area contributed by atoms with E-state index in [1.54, 1.807) is 30.3 Å². The first-order valence-electron chi connectivity index (χ1n) is 6.45. The standard InChI is InChI=1S/C17H11N3O2/c1-2-10-3-5-11(6-4-10)14-7-12(17(21)22)13-9-19-16(18)8-15(13)20-14/h1,3-9H,(H2,18,19)(H,21,22). The van der Waals surface area contributed by atoms with Crippen molar-refractivity contribution in [2.24, 2.45) is 0 Å². The van der Waals surface area contributed by atoms with Crippen molar-refractivity contribution in [3.63, 3.8) is 0 Å². The molecule has 5 heteroatoms. The minimum Gasteiger partial charge on any atom is -0.478 e. The number of carboxylic acids is 1. The summed E-state index contributed by atoms with van der Waals surface area (Å²) in [5, 5.41) is 9.84. The third-order valence-electron chi connectivity index (χ3n) is 3.29. The summed E-state index contributed by atoms with van der Waals surface area (Å²) >= 11 is 0. The average Bonchev–Trinajstić information content (AvgIpc) is 2.53. The number of nitrogens with zero attached hydrogens (tertiary/aromatic N) is 2. The Kier molecular flexibility index (Phi) is 3.20. The number of carbonyl (C=O) groups is 1. The van der Waals surface area contributed by atoms with Crippen LogP contribution >= 0.6 is 0 Å². The molecule has 0 radical (unpaired) electrons. The zero-order chi connectivity index (χ0) is 15.7. The topological polar surface area (TPSA) is 89.1 Å². The number of hydrogen-bond acceptors (Lipinski definition) is 4. The van der Waals surface area contributed by atoms with Crippen LogP contribution in [-0.4, -0.2) is 21.0 Å². The van der Waals surface area contributed by atoms with Gasteiger partial charge in [-0.3, -0.25) is 0 Å². The zero-order valence-corrected chi connectivity index (χ0v) is 11.4. The van der Waals surface area contributed by atoms with Crippen molar-refractivity contribution in [2.45, 2.75) is 0 Å². The normalized spacial score (nSPS) is 10.3. The molecule has 0 spiro atoms. The molecule has 0 amide bonds. The van der Waals surface area contributed by atoms with Crippen molar-refractivity contribution in [1.29, 1.82) is 0 Å². The van der Waals surface area contributed by atoms with E-state index >= 15 is 0 Å². The van der Waals surface area contributed by atoms with E-state index in [0.29, 0.717) is 16.6 Å². The summed E-state index contributed by atoms with van der Waals surface area (Å²) < 4.78 is 0. The van der Waals surface area contributed by atoms with E-state index in [2.05, 4.69) is 15.9 Å². The minimum absolute atomic E-state index is 0.133. The Morgan fingerprint density at radius 2 is 1.95 bits per heavy atom. The highest BCUT2D eigenvalue weighted by Crippen LogP contribution is 2.25. The highest BCUT2D eigenvalue weighted by molar-refractivity contribution is 6.03. The molecule has 0 aliphatic heterocycles. The summed E-state index contributed by atoms with van der Waals surface area (Å²) in [5.74, 6) is 1.78. The average molecular weight is 289 g/mol. The lowest BCUT2D eigenvalue weighted by molar-refractivity contribution is 0.0699. The van der Waals surface area contributed by atoms with Gasteiger partial charge in [-0.25, -0.2) is 14.8 Å². The third kappa shape index (κ3) is 2.34. The number of hydrogen-bond donors (Lipinski definition) is 2. The number of nitrogen functional groups attached to an aromatic ring is 1. The molecule has 0 aliphatic rings. The minimum atomic E-state index is -1.04. The van der Waals surface area contributed by atoms with E-state index in [4.69, 9.17) is 12.2 Å². The van der Waals surface area contributed by atoms with E-state index in [0.717, 1.165) is 11.1 Å². The molecule has 3 aromatic rings. The van der Waals surface area contributed by atoms with Gasteiger partial charge >= 0.3 is 5.97 Å². The van der Waals surface area contributed by atoms with Gasteiger partial charge in [0.05, 0.1) is 16.8 Å². The van der Waals surface area contributed by atoms with Gasteiger partial charge in [-0.1, -0.05) is 18.1 Å². The van der Waals surface area contributed by atoms with E-state index in [9.17, 15) is 9.90 Å². The van der Waals surface area contributed by atoms with Crippen molar-refractivity contribution < 1.29 is 9.90 Å². The largest absolute Gasteiger partial charge is 0.478 e. The van der Waals surface area contributed by atoms with E-state index in [1.807, 2.05) is 0 Å². The molecule has 5 nitrogen and oxygen atoms in total. The van der Waals surface area contributed by atoms with E-state index < -0.39 is 5.97 Å². The van der Waals surface area contributed by atoms with Crippen molar-refractivity contribution >= 4 is 22.7 Å². The van der Waals surface area contributed by atoms with E-state index in [1.165, 1.54) is 12.3 Å². The molecule has 3 N–H and O–H groups in total.